The highest BCUT2D eigenvalue weighted by Crippen LogP contribution is 2.45. The number of nitriles is 1. The first-order valence-corrected chi connectivity index (χ1v) is 15.0. The number of hydrogen-bond acceptors (Lipinski definition) is 8. The molecule has 1 aliphatic rings. The van der Waals surface area contributed by atoms with Crippen LogP contribution in [0, 0.1) is 32.8 Å². The van der Waals surface area contributed by atoms with E-state index in [1.807, 2.05) is 18.2 Å². The number of aliphatic imine (C=N–C) groups is 1. The molecule has 0 unspecified atom stereocenters. The lowest BCUT2D eigenvalue weighted by Gasteiger charge is -2.33. The number of nitrogens with zero attached hydrogens (tertiary/aromatic N) is 4. The van der Waals surface area contributed by atoms with Gasteiger partial charge in [-0.15, -0.1) is 11.3 Å². The summed E-state index contributed by atoms with van der Waals surface area (Å²) in [6.45, 7) is 12.3. The summed E-state index contributed by atoms with van der Waals surface area (Å²) in [7, 11) is 0. The maximum atomic E-state index is 12.7. The first-order chi connectivity index (χ1) is 20.0. The molecule has 4 rings (SSSR count). The molecule has 0 saturated carbocycles. The number of carbonyl (C=O) groups is 1. The molecule has 0 saturated heterocycles. The summed E-state index contributed by atoms with van der Waals surface area (Å²) in [5.74, 6) is 0.593. The number of benzene rings is 2. The second-order valence-electron chi connectivity index (χ2n) is 11.4. The molecule has 1 aromatic heterocycles. The first kappa shape index (κ1) is 30.7. The Morgan fingerprint density at radius 3 is 2.69 bits per heavy atom. The van der Waals surface area contributed by atoms with Crippen LogP contribution < -0.4 is 15.0 Å². The molecular formula is C32H37N5O4S. The Labute approximate surface area is 251 Å². The van der Waals surface area contributed by atoms with Gasteiger partial charge in [-0.25, -0.2) is 4.99 Å². The molecule has 42 heavy (non-hydrogen) atoms. The number of anilines is 2. The monoisotopic (exact) mass is 587 g/mol. The van der Waals surface area contributed by atoms with Crippen LogP contribution in [0.3, 0.4) is 0 Å². The Hall–Kier alpha value is -4.23. The van der Waals surface area contributed by atoms with Gasteiger partial charge in [-0.05, 0) is 68.2 Å². The Morgan fingerprint density at radius 1 is 1.26 bits per heavy atom. The molecule has 3 aromatic rings. The number of non-ortho nitro benzene ring substituents is 1. The second-order valence-corrected chi connectivity index (χ2v) is 12.5. The van der Waals surface area contributed by atoms with E-state index in [1.165, 1.54) is 23.1 Å². The Kier molecular flexibility index (Phi) is 9.63. The number of nitrogens with one attached hydrogen (secondary N) is 1. The molecule has 1 heterocycles. The van der Waals surface area contributed by atoms with Gasteiger partial charge < -0.3 is 15.0 Å². The normalized spacial score (nSPS) is 14.7. The fourth-order valence-corrected chi connectivity index (χ4v) is 6.44. The van der Waals surface area contributed by atoms with Crippen LogP contribution in [-0.2, 0) is 17.6 Å². The van der Waals surface area contributed by atoms with Gasteiger partial charge in [0, 0.05) is 59.3 Å². The molecule has 1 amide bonds. The van der Waals surface area contributed by atoms with E-state index in [0.717, 1.165) is 43.6 Å². The van der Waals surface area contributed by atoms with Crippen molar-refractivity contribution in [3.63, 3.8) is 0 Å². The van der Waals surface area contributed by atoms with Crippen LogP contribution in [0.25, 0.3) is 0 Å². The minimum atomic E-state index is -0.513. The van der Waals surface area contributed by atoms with Crippen LogP contribution in [0.5, 0.6) is 5.75 Å². The molecule has 0 fully saturated rings. The number of amides is 1. The van der Waals surface area contributed by atoms with Crippen molar-refractivity contribution in [1.82, 2.24) is 0 Å². The summed E-state index contributed by atoms with van der Waals surface area (Å²) < 4.78 is 5.98. The highest BCUT2D eigenvalue weighted by atomic mass is 32.1. The maximum absolute atomic E-state index is 12.7. The fourth-order valence-electron chi connectivity index (χ4n) is 5.22. The average molecular weight is 588 g/mol. The van der Waals surface area contributed by atoms with Gasteiger partial charge in [-0.3, -0.25) is 14.9 Å². The number of fused-ring (bicyclic) bond motifs is 1. The van der Waals surface area contributed by atoms with Crippen LogP contribution >= 0.6 is 11.3 Å². The molecule has 2 aromatic carbocycles. The zero-order valence-electron chi connectivity index (χ0n) is 24.8. The minimum Gasteiger partial charge on any atom is -0.483 e. The molecule has 1 aliphatic carbocycles. The van der Waals surface area contributed by atoms with Crippen LogP contribution in [0.15, 0.2) is 47.5 Å². The number of carbonyl (C=O) groups excluding carboxylic acids is 1. The number of rotatable bonds is 10. The van der Waals surface area contributed by atoms with Gasteiger partial charge in [-0.1, -0.05) is 26.8 Å². The van der Waals surface area contributed by atoms with Gasteiger partial charge >= 0.3 is 0 Å². The first-order valence-electron chi connectivity index (χ1n) is 14.2. The molecular weight excluding hydrogens is 550 g/mol. The van der Waals surface area contributed by atoms with E-state index < -0.39 is 10.8 Å². The third-order valence-electron chi connectivity index (χ3n) is 7.73. The van der Waals surface area contributed by atoms with Crippen molar-refractivity contribution >= 4 is 45.5 Å². The Balaban J connectivity index is 1.58. The van der Waals surface area contributed by atoms with E-state index in [-0.39, 0.29) is 17.7 Å². The van der Waals surface area contributed by atoms with E-state index >= 15 is 0 Å². The summed E-state index contributed by atoms with van der Waals surface area (Å²) in [5, 5.41) is 24.4. The van der Waals surface area contributed by atoms with E-state index in [4.69, 9.17) is 9.73 Å². The van der Waals surface area contributed by atoms with Gasteiger partial charge in [0.15, 0.2) is 6.61 Å². The molecule has 1 N–H and O–H groups in total. The molecule has 220 valence electrons. The standard InChI is InChI=1S/C32H37N5O4S/c1-6-36(7-2)24-13-11-21(28(17-24)41-20-30(38)35-23-9-8-10-25(16-23)37(39)40)19-34-31-27(18-33)26-14-12-22(32(3,4)5)15-29(26)42-31/h8-11,13,16-17,19,22H,6-7,12,14-15,20H2,1-5H3,(H,35,38)/t22-/m0/s1. The third kappa shape index (κ3) is 7.15. The fraction of sp³-hybridized carbons (Fsp3) is 0.406. The van der Waals surface area contributed by atoms with Gasteiger partial charge in [0.2, 0.25) is 0 Å². The van der Waals surface area contributed by atoms with Gasteiger partial charge in [0.25, 0.3) is 11.6 Å². The van der Waals surface area contributed by atoms with Crippen molar-refractivity contribution in [1.29, 1.82) is 5.26 Å². The molecule has 0 spiro atoms. The van der Waals surface area contributed by atoms with E-state index in [2.05, 4.69) is 50.9 Å². The van der Waals surface area contributed by atoms with Gasteiger partial charge in [-0.2, -0.15) is 5.26 Å². The molecule has 0 aliphatic heterocycles. The van der Waals surface area contributed by atoms with Gasteiger partial charge in [0.05, 0.1) is 10.5 Å². The lowest BCUT2D eigenvalue weighted by Crippen LogP contribution is -2.26. The smallest absolute Gasteiger partial charge is 0.271 e. The lowest BCUT2D eigenvalue weighted by atomic mass is 9.72. The topological polar surface area (TPSA) is 121 Å². The van der Waals surface area contributed by atoms with Crippen LogP contribution in [-0.4, -0.2) is 36.7 Å². The predicted molar refractivity (Wildman–Crippen MR) is 168 cm³/mol. The van der Waals surface area contributed by atoms with Crippen molar-refractivity contribution in [2.45, 2.75) is 53.9 Å². The zero-order chi connectivity index (χ0) is 30.4. The van der Waals surface area contributed by atoms with E-state index in [0.29, 0.717) is 33.5 Å². The SMILES string of the molecule is CCN(CC)c1ccc(C=Nc2sc3c(c2C#N)CC[C@H](C(C)(C)C)C3)c(OCC(=O)Nc2cccc([N+](=O)[O-])c2)c1. The average Bonchev–Trinajstić information content (AvgIpc) is 3.32. The quantitative estimate of drug-likeness (QED) is 0.151. The largest absolute Gasteiger partial charge is 0.483 e. The van der Waals surface area contributed by atoms with Crippen molar-refractivity contribution < 1.29 is 14.5 Å². The third-order valence-corrected chi connectivity index (χ3v) is 8.89. The van der Waals surface area contributed by atoms with Crippen molar-refractivity contribution in [2.24, 2.45) is 16.3 Å². The van der Waals surface area contributed by atoms with Gasteiger partial charge in [0.1, 0.15) is 16.8 Å². The number of ether oxygens (including phenoxy) is 1. The summed E-state index contributed by atoms with van der Waals surface area (Å²) in [4.78, 5) is 31.4. The number of nitro benzene ring substituents is 1. The van der Waals surface area contributed by atoms with E-state index in [1.54, 1.807) is 23.6 Å². The second kappa shape index (κ2) is 13.2. The Bertz CT molecular complexity index is 1530. The number of thiophene rings is 1. The van der Waals surface area contributed by atoms with Crippen LogP contribution in [0.2, 0.25) is 0 Å². The summed E-state index contributed by atoms with van der Waals surface area (Å²) >= 11 is 1.59. The molecule has 0 radical (unpaired) electrons. The van der Waals surface area contributed by atoms with Crippen molar-refractivity contribution in [3.8, 4) is 11.8 Å². The predicted octanol–water partition coefficient (Wildman–Crippen LogP) is 7.29. The molecule has 10 heteroatoms. The van der Waals surface area contributed by atoms with Crippen LogP contribution in [0.1, 0.15) is 62.6 Å². The Morgan fingerprint density at radius 2 is 2.02 bits per heavy atom. The number of hydrogen-bond donors (Lipinski definition) is 1. The minimum absolute atomic E-state index is 0.111. The maximum Gasteiger partial charge on any atom is 0.271 e. The van der Waals surface area contributed by atoms with Crippen LogP contribution in [0.4, 0.5) is 22.1 Å². The van der Waals surface area contributed by atoms with Crippen molar-refractivity contribution in [3.05, 3.63) is 74.1 Å². The highest BCUT2D eigenvalue weighted by Gasteiger charge is 2.32. The van der Waals surface area contributed by atoms with Crippen molar-refractivity contribution in [2.75, 3.05) is 29.9 Å². The molecule has 1 atom stereocenters. The zero-order valence-corrected chi connectivity index (χ0v) is 25.6. The number of nitro groups is 1. The molecule has 0 bridgehead atoms. The summed E-state index contributed by atoms with van der Waals surface area (Å²) in [5.41, 5.74) is 3.81. The summed E-state index contributed by atoms with van der Waals surface area (Å²) in [6.07, 6.45) is 4.60. The molecule has 9 nitrogen and oxygen atoms in total. The summed E-state index contributed by atoms with van der Waals surface area (Å²) in [6, 6.07) is 13.9. The van der Waals surface area contributed by atoms with E-state index in [9.17, 15) is 20.2 Å². The highest BCUT2D eigenvalue weighted by molar-refractivity contribution is 7.16. The lowest BCUT2D eigenvalue weighted by molar-refractivity contribution is -0.384.